The highest BCUT2D eigenvalue weighted by Gasteiger charge is 2.32. The molecule has 0 bridgehead atoms. The molecule has 0 aliphatic carbocycles. The molecule has 5 amide bonds. The molecule has 0 unspecified atom stereocenters. The fourth-order valence-electron chi connectivity index (χ4n) is 2.62. The number of aliphatic carboxylic acids is 1. The first-order chi connectivity index (χ1) is 17.8. The van der Waals surface area contributed by atoms with Crippen LogP contribution in [-0.2, 0) is 28.8 Å². The van der Waals surface area contributed by atoms with Gasteiger partial charge in [0.1, 0.15) is 30.2 Å². The van der Waals surface area contributed by atoms with Crippen LogP contribution in [0.5, 0.6) is 0 Å². The SMILES string of the molecule is CC(C)[C@H](N)C(=O)N[C@@H](CO)C(=O)N[C@@H](CO)C(=O)N[C@@H](CO)C(=O)N[C@@H](CO)C(=O)N[C@@H](CO)C(=O)O. The zero-order valence-corrected chi connectivity index (χ0v) is 20.8. The van der Waals surface area contributed by atoms with Gasteiger partial charge in [-0.3, -0.25) is 24.0 Å². The van der Waals surface area contributed by atoms with Gasteiger partial charge in [-0.25, -0.2) is 4.79 Å². The van der Waals surface area contributed by atoms with Crippen molar-refractivity contribution in [3.63, 3.8) is 0 Å². The van der Waals surface area contributed by atoms with Crippen molar-refractivity contribution in [2.75, 3.05) is 33.0 Å². The molecule has 0 heterocycles. The Morgan fingerprint density at radius 3 is 0.974 bits per heavy atom. The van der Waals surface area contributed by atoms with Gasteiger partial charge in [-0.2, -0.15) is 0 Å². The fourth-order valence-corrected chi connectivity index (χ4v) is 2.62. The molecule has 218 valence electrons. The molecule has 38 heavy (non-hydrogen) atoms. The van der Waals surface area contributed by atoms with Crippen molar-refractivity contribution in [2.24, 2.45) is 11.7 Å². The maximum atomic E-state index is 12.5. The molecular weight excluding hydrogens is 516 g/mol. The molecule has 0 aliphatic heterocycles. The van der Waals surface area contributed by atoms with E-state index < -0.39 is 105 Å². The number of rotatable bonds is 17. The Labute approximate surface area is 216 Å². The predicted molar refractivity (Wildman–Crippen MR) is 126 cm³/mol. The third kappa shape index (κ3) is 10.9. The van der Waals surface area contributed by atoms with Gasteiger partial charge in [0.2, 0.25) is 29.5 Å². The first-order valence-corrected chi connectivity index (χ1v) is 11.3. The molecule has 18 nitrogen and oxygen atoms in total. The van der Waals surface area contributed by atoms with Crippen LogP contribution >= 0.6 is 0 Å². The van der Waals surface area contributed by atoms with Crippen molar-refractivity contribution < 1.29 is 59.4 Å². The van der Waals surface area contributed by atoms with Gasteiger partial charge in [-0.1, -0.05) is 13.8 Å². The maximum absolute atomic E-state index is 12.5. The summed E-state index contributed by atoms with van der Waals surface area (Å²) in [6.07, 6.45) is 0. The number of carbonyl (C=O) groups is 6. The molecule has 0 aliphatic rings. The van der Waals surface area contributed by atoms with Crippen LogP contribution in [0.1, 0.15) is 13.8 Å². The minimum Gasteiger partial charge on any atom is -0.480 e. The van der Waals surface area contributed by atoms with Gasteiger partial charge in [-0.15, -0.1) is 0 Å². The summed E-state index contributed by atoms with van der Waals surface area (Å²) >= 11 is 0. The number of nitrogens with two attached hydrogens (primary N) is 1. The van der Waals surface area contributed by atoms with E-state index in [9.17, 15) is 49.2 Å². The standard InChI is InChI=1S/C20H36N6O12/c1-8(2)14(21)19(36)25-12(6-30)17(34)23-10(4-28)15(32)22-9(3-27)16(33)24-11(5-29)18(35)26-13(7-31)20(37)38/h8-14,27-31H,3-7,21H2,1-2H3,(H,22,32)(H,23,34)(H,24,33)(H,25,36)(H,26,35)(H,37,38)/t9-,10-,11-,12-,13-,14-/m0/s1. The van der Waals surface area contributed by atoms with Crippen molar-refractivity contribution >= 4 is 35.5 Å². The lowest BCUT2D eigenvalue weighted by atomic mass is 10.0. The second kappa shape index (κ2) is 17.2. The third-order valence-corrected chi connectivity index (χ3v) is 5.08. The number of aliphatic hydroxyl groups is 5. The second-order valence-corrected chi connectivity index (χ2v) is 8.33. The molecule has 6 atom stereocenters. The number of amides is 5. The number of carboxylic acid groups (broad SMARTS) is 1. The quantitative estimate of drug-likeness (QED) is 0.0798. The first kappa shape index (κ1) is 34.6. The number of aliphatic hydroxyl groups excluding tert-OH is 5. The minimum absolute atomic E-state index is 0.292. The Bertz CT molecular complexity index is 841. The van der Waals surface area contributed by atoms with E-state index >= 15 is 0 Å². The monoisotopic (exact) mass is 552 g/mol. The van der Waals surface area contributed by atoms with Crippen LogP contribution in [0.25, 0.3) is 0 Å². The Morgan fingerprint density at radius 2 is 0.763 bits per heavy atom. The van der Waals surface area contributed by atoms with Crippen LogP contribution in [0.4, 0.5) is 0 Å². The van der Waals surface area contributed by atoms with Gasteiger partial charge in [0.25, 0.3) is 0 Å². The minimum atomic E-state index is -1.76. The number of carboxylic acids is 1. The molecule has 0 aromatic carbocycles. The van der Waals surface area contributed by atoms with Crippen LogP contribution in [0.15, 0.2) is 0 Å². The zero-order chi connectivity index (χ0) is 29.6. The topological polar surface area (TPSA) is 310 Å². The van der Waals surface area contributed by atoms with Crippen molar-refractivity contribution in [1.29, 1.82) is 0 Å². The molecule has 13 N–H and O–H groups in total. The number of nitrogens with one attached hydrogen (secondary N) is 5. The van der Waals surface area contributed by atoms with E-state index in [4.69, 9.17) is 15.9 Å². The van der Waals surface area contributed by atoms with Crippen molar-refractivity contribution in [3.05, 3.63) is 0 Å². The first-order valence-electron chi connectivity index (χ1n) is 11.3. The molecule has 0 rings (SSSR count). The molecule has 0 saturated heterocycles. The summed E-state index contributed by atoms with van der Waals surface area (Å²) in [5.74, 6) is -7.31. The summed E-state index contributed by atoms with van der Waals surface area (Å²) in [7, 11) is 0. The fraction of sp³-hybridized carbons (Fsp3) is 0.700. The largest absolute Gasteiger partial charge is 0.480 e. The molecule has 0 aromatic rings. The summed E-state index contributed by atoms with van der Waals surface area (Å²) in [6.45, 7) is -1.64. The number of hydrogen-bond donors (Lipinski definition) is 12. The zero-order valence-electron chi connectivity index (χ0n) is 20.8. The van der Waals surface area contributed by atoms with Crippen LogP contribution in [0.3, 0.4) is 0 Å². The van der Waals surface area contributed by atoms with E-state index in [-0.39, 0.29) is 5.92 Å². The van der Waals surface area contributed by atoms with Gasteiger partial charge in [0.05, 0.1) is 39.1 Å². The summed E-state index contributed by atoms with van der Waals surface area (Å²) < 4.78 is 0. The average Bonchev–Trinajstić information content (AvgIpc) is 2.88. The van der Waals surface area contributed by atoms with Crippen LogP contribution in [-0.4, -0.2) is 135 Å². The Hall–Kier alpha value is -3.42. The smallest absolute Gasteiger partial charge is 0.328 e. The molecular formula is C20H36N6O12. The van der Waals surface area contributed by atoms with Gasteiger partial charge >= 0.3 is 5.97 Å². The highest BCUT2D eigenvalue weighted by Crippen LogP contribution is 1.99. The van der Waals surface area contributed by atoms with E-state index in [1.54, 1.807) is 13.8 Å². The highest BCUT2D eigenvalue weighted by atomic mass is 16.4. The summed E-state index contributed by atoms with van der Waals surface area (Å²) in [5.41, 5.74) is 5.68. The third-order valence-electron chi connectivity index (χ3n) is 5.08. The number of hydrogen-bond acceptors (Lipinski definition) is 12. The van der Waals surface area contributed by atoms with Gasteiger partial charge in [-0.05, 0) is 5.92 Å². The van der Waals surface area contributed by atoms with Crippen LogP contribution in [0.2, 0.25) is 0 Å². The lowest BCUT2D eigenvalue weighted by molar-refractivity contribution is -0.143. The average molecular weight is 553 g/mol. The van der Waals surface area contributed by atoms with Crippen LogP contribution in [0, 0.1) is 5.92 Å². The van der Waals surface area contributed by atoms with Gasteiger partial charge < -0.3 is 63.0 Å². The van der Waals surface area contributed by atoms with E-state index in [0.29, 0.717) is 0 Å². The van der Waals surface area contributed by atoms with Crippen molar-refractivity contribution in [1.82, 2.24) is 26.6 Å². The van der Waals surface area contributed by atoms with Gasteiger partial charge in [0.15, 0.2) is 0 Å². The predicted octanol–water partition coefficient (Wildman–Crippen LogP) is -7.56. The normalized spacial score (nSPS) is 15.7. The second-order valence-electron chi connectivity index (χ2n) is 8.33. The Morgan fingerprint density at radius 1 is 0.526 bits per heavy atom. The highest BCUT2D eigenvalue weighted by molar-refractivity contribution is 5.96. The number of carbonyl (C=O) groups excluding carboxylic acids is 5. The molecule has 0 aromatic heterocycles. The maximum Gasteiger partial charge on any atom is 0.328 e. The Kier molecular flexibility index (Phi) is 15.6. The summed E-state index contributed by atoms with van der Waals surface area (Å²) in [4.78, 5) is 72.4. The van der Waals surface area contributed by atoms with E-state index in [1.165, 1.54) is 0 Å². The van der Waals surface area contributed by atoms with E-state index in [0.717, 1.165) is 0 Å². The van der Waals surface area contributed by atoms with E-state index in [1.807, 2.05) is 16.0 Å². The molecule has 18 heteroatoms. The molecule has 0 fully saturated rings. The molecule has 0 spiro atoms. The Balaban J connectivity index is 5.25. The van der Waals surface area contributed by atoms with Crippen LogP contribution < -0.4 is 32.3 Å². The summed E-state index contributed by atoms with van der Waals surface area (Å²) in [6, 6.07) is -9.48. The lowest BCUT2D eigenvalue weighted by Crippen LogP contribution is -2.61. The lowest BCUT2D eigenvalue weighted by Gasteiger charge is -2.25. The molecule has 0 saturated carbocycles. The van der Waals surface area contributed by atoms with E-state index in [2.05, 4.69) is 10.6 Å². The van der Waals surface area contributed by atoms with Crippen molar-refractivity contribution in [2.45, 2.75) is 50.1 Å². The summed E-state index contributed by atoms with van der Waals surface area (Å²) in [5, 5.41) is 65.7. The molecule has 0 radical (unpaired) electrons. The van der Waals surface area contributed by atoms with Crippen molar-refractivity contribution in [3.8, 4) is 0 Å². The van der Waals surface area contributed by atoms with Gasteiger partial charge in [0, 0.05) is 0 Å².